The van der Waals surface area contributed by atoms with Crippen molar-refractivity contribution >= 4 is 29.5 Å². The molecule has 2 aliphatic rings. The molecule has 156 valence electrons. The maximum atomic E-state index is 12.7. The summed E-state index contributed by atoms with van der Waals surface area (Å²) in [5.74, 6) is -1.93. The number of imide groups is 1. The van der Waals surface area contributed by atoms with Crippen LogP contribution in [0.3, 0.4) is 0 Å². The van der Waals surface area contributed by atoms with Crippen molar-refractivity contribution in [2.45, 2.75) is 65.0 Å². The monoisotopic (exact) mass is 403 g/mol. The number of hydrogen-bond donors (Lipinski definition) is 2. The number of Topliss-reactive ketones (excluding diaryl/α,β-unsaturated/α-hetero) is 2. The summed E-state index contributed by atoms with van der Waals surface area (Å²) in [7, 11) is 0. The van der Waals surface area contributed by atoms with Gasteiger partial charge >= 0.3 is 12.0 Å². The van der Waals surface area contributed by atoms with E-state index in [0.717, 1.165) is 17.7 Å². The molecule has 1 aromatic rings. The van der Waals surface area contributed by atoms with Crippen LogP contribution in [0.25, 0.3) is 0 Å². The molecule has 1 atom stereocenters. The van der Waals surface area contributed by atoms with Crippen molar-refractivity contribution in [3.63, 3.8) is 0 Å². The number of aromatic nitrogens is 1. The number of ketones is 2. The molecule has 1 saturated heterocycles. The van der Waals surface area contributed by atoms with E-state index < -0.39 is 41.9 Å². The predicted octanol–water partition coefficient (Wildman–Crippen LogP) is 1.81. The second-order valence-electron chi connectivity index (χ2n) is 7.79. The van der Waals surface area contributed by atoms with Crippen molar-refractivity contribution in [1.29, 1.82) is 0 Å². The summed E-state index contributed by atoms with van der Waals surface area (Å²) in [5, 5.41) is 2.69. The number of aryl methyl sites for hydroxylation is 1. The van der Waals surface area contributed by atoms with Gasteiger partial charge in [-0.3, -0.25) is 24.1 Å². The van der Waals surface area contributed by atoms with Gasteiger partial charge in [-0.25, -0.2) is 4.79 Å². The highest BCUT2D eigenvalue weighted by atomic mass is 16.5. The molecule has 1 spiro atoms. The van der Waals surface area contributed by atoms with Crippen molar-refractivity contribution < 1.29 is 28.7 Å². The highest BCUT2D eigenvalue weighted by molar-refractivity contribution is 6.09. The lowest BCUT2D eigenvalue weighted by Crippen LogP contribution is -2.44. The highest BCUT2D eigenvalue weighted by Crippen LogP contribution is 2.35. The molecule has 29 heavy (non-hydrogen) atoms. The van der Waals surface area contributed by atoms with Gasteiger partial charge in [-0.05, 0) is 46.1 Å². The Kier molecular flexibility index (Phi) is 5.34. The number of rotatable bonds is 6. The molecule has 1 aliphatic carbocycles. The lowest BCUT2D eigenvalue weighted by molar-refractivity contribution is -0.150. The van der Waals surface area contributed by atoms with Crippen LogP contribution >= 0.6 is 0 Å². The average molecular weight is 403 g/mol. The quantitative estimate of drug-likeness (QED) is 0.424. The van der Waals surface area contributed by atoms with E-state index in [1.54, 1.807) is 13.8 Å². The van der Waals surface area contributed by atoms with Crippen LogP contribution in [-0.4, -0.2) is 57.5 Å². The summed E-state index contributed by atoms with van der Waals surface area (Å²) in [6, 6.07) is -0.616. The van der Waals surface area contributed by atoms with Crippen molar-refractivity contribution in [3.8, 4) is 0 Å². The summed E-state index contributed by atoms with van der Waals surface area (Å²) in [4.78, 5) is 65.2. The molecule has 9 heteroatoms. The molecule has 0 bridgehead atoms. The SMILES string of the molecule is CC(=O)c1c(C)[nH]c(C(=O)[C@H](C)OC(=O)CN2C(=O)NC3(CCCC3)C2=O)c1C. The summed E-state index contributed by atoms with van der Waals surface area (Å²) in [6.45, 7) is 5.61. The van der Waals surface area contributed by atoms with Crippen molar-refractivity contribution in [1.82, 2.24) is 15.2 Å². The number of nitrogens with one attached hydrogen (secondary N) is 2. The van der Waals surface area contributed by atoms with Gasteiger partial charge in [0.25, 0.3) is 5.91 Å². The lowest BCUT2D eigenvalue weighted by atomic mass is 9.98. The molecule has 1 saturated carbocycles. The Morgan fingerprint density at radius 2 is 1.79 bits per heavy atom. The normalized spacial score (nSPS) is 18.8. The fourth-order valence-electron chi connectivity index (χ4n) is 4.28. The molecule has 1 aromatic heterocycles. The third-order valence-corrected chi connectivity index (χ3v) is 5.70. The summed E-state index contributed by atoms with van der Waals surface area (Å²) < 4.78 is 5.17. The van der Waals surface area contributed by atoms with Gasteiger partial charge in [-0.2, -0.15) is 0 Å². The van der Waals surface area contributed by atoms with Crippen LogP contribution in [0.15, 0.2) is 0 Å². The van der Waals surface area contributed by atoms with E-state index in [4.69, 9.17) is 4.74 Å². The van der Waals surface area contributed by atoms with Crippen LogP contribution < -0.4 is 5.32 Å². The number of aromatic amines is 1. The van der Waals surface area contributed by atoms with Gasteiger partial charge < -0.3 is 15.0 Å². The molecule has 0 unspecified atom stereocenters. The first kappa shape index (κ1) is 20.8. The number of H-pyrrole nitrogens is 1. The zero-order valence-electron chi connectivity index (χ0n) is 17.0. The molecular formula is C20H25N3O6. The fourth-order valence-corrected chi connectivity index (χ4v) is 4.28. The van der Waals surface area contributed by atoms with Gasteiger partial charge in [-0.1, -0.05) is 12.8 Å². The fraction of sp³-hybridized carbons (Fsp3) is 0.550. The van der Waals surface area contributed by atoms with Gasteiger partial charge in [0.05, 0.1) is 5.69 Å². The van der Waals surface area contributed by atoms with Crippen LogP contribution in [0, 0.1) is 13.8 Å². The first-order valence-electron chi connectivity index (χ1n) is 9.65. The number of hydrogen-bond acceptors (Lipinski definition) is 6. The number of nitrogens with zero attached hydrogens (tertiary/aromatic N) is 1. The van der Waals surface area contributed by atoms with Crippen LogP contribution in [0.4, 0.5) is 4.79 Å². The molecule has 9 nitrogen and oxygen atoms in total. The number of esters is 1. The Hall–Kier alpha value is -2.97. The number of carbonyl (C=O) groups excluding carboxylic acids is 5. The van der Waals surface area contributed by atoms with E-state index in [1.807, 2.05) is 0 Å². The summed E-state index contributed by atoms with van der Waals surface area (Å²) >= 11 is 0. The van der Waals surface area contributed by atoms with Gasteiger partial charge in [0.15, 0.2) is 11.9 Å². The van der Waals surface area contributed by atoms with Gasteiger partial charge in [0, 0.05) is 11.3 Å². The van der Waals surface area contributed by atoms with Crippen LogP contribution in [0.5, 0.6) is 0 Å². The minimum Gasteiger partial charge on any atom is -0.453 e. The Balaban J connectivity index is 1.66. The highest BCUT2D eigenvalue weighted by Gasteiger charge is 2.52. The lowest BCUT2D eigenvalue weighted by Gasteiger charge is -2.20. The standard InChI is InChI=1S/C20H25N3O6/c1-10-15(12(3)24)11(2)21-16(10)17(26)13(4)29-14(25)9-23-18(27)20(22-19(23)28)7-5-6-8-20/h13,21H,5-9H2,1-4H3,(H,22,28)/t13-/m0/s1. The van der Waals surface area contributed by atoms with Crippen LogP contribution in [-0.2, 0) is 14.3 Å². The van der Waals surface area contributed by atoms with Crippen LogP contribution in [0.1, 0.15) is 71.6 Å². The van der Waals surface area contributed by atoms with Crippen molar-refractivity contribution in [2.75, 3.05) is 6.54 Å². The van der Waals surface area contributed by atoms with Gasteiger partial charge in [0.2, 0.25) is 5.78 Å². The van der Waals surface area contributed by atoms with Crippen molar-refractivity contribution in [2.24, 2.45) is 0 Å². The topological polar surface area (TPSA) is 126 Å². The van der Waals surface area contributed by atoms with E-state index in [9.17, 15) is 24.0 Å². The molecule has 3 amide bonds. The second-order valence-corrected chi connectivity index (χ2v) is 7.79. The zero-order chi connectivity index (χ0) is 21.5. The maximum absolute atomic E-state index is 12.7. The molecule has 1 aliphatic heterocycles. The zero-order valence-corrected chi connectivity index (χ0v) is 17.0. The summed E-state index contributed by atoms with van der Waals surface area (Å²) in [6.07, 6.45) is 1.66. The Morgan fingerprint density at radius 3 is 2.34 bits per heavy atom. The average Bonchev–Trinajstić information content (AvgIpc) is 3.28. The second kappa shape index (κ2) is 7.46. The number of ether oxygens (including phenoxy) is 1. The first-order valence-corrected chi connectivity index (χ1v) is 9.65. The van der Waals surface area contributed by atoms with E-state index in [0.29, 0.717) is 29.7 Å². The van der Waals surface area contributed by atoms with Gasteiger partial charge in [0.1, 0.15) is 12.1 Å². The number of amides is 3. The third-order valence-electron chi connectivity index (χ3n) is 5.70. The Labute approximate surface area is 168 Å². The minimum absolute atomic E-state index is 0.167. The number of carbonyl (C=O) groups is 5. The molecule has 3 rings (SSSR count). The molecule has 2 heterocycles. The summed E-state index contributed by atoms with van der Waals surface area (Å²) in [5.41, 5.74) is 0.806. The Morgan fingerprint density at radius 1 is 1.17 bits per heavy atom. The molecule has 2 N–H and O–H groups in total. The van der Waals surface area contributed by atoms with Crippen molar-refractivity contribution in [3.05, 3.63) is 22.5 Å². The van der Waals surface area contributed by atoms with E-state index >= 15 is 0 Å². The third kappa shape index (κ3) is 3.56. The van der Waals surface area contributed by atoms with Crippen LogP contribution in [0.2, 0.25) is 0 Å². The Bertz CT molecular complexity index is 910. The predicted molar refractivity (Wildman–Crippen MR) is 102 cm³/mol. The first-order chi connectivity index (χ1) is 13.6. The van der Waals surface area contributed by atoms with Gasteiger partial charge in [-0.15, -0.1) is 0 Å². The number of urea groups is 1. The smallest absolute Gasteiger partial charge is 0.326 e. The van der Waals surface area contributed by atoms with E-state index in [1.165, 1.54) is 13.8 Å². The molecule has 0 aromatic carbocycles. The molecule has 2 fully saturated rings. The molecule has 0 radical (unpaired) electrons. The van der Waals surface area contributed by atoms with E-state index in [2.05, 4.69) is 10.3 Å². The maximum Gasteiger partial charge on any atom is 0.326 e. The largest absolute Gasteiger partial charge is 0.453 e. The van der Waals surface area contributed by atoms with E-state index in [-0.39, 0.29) is 11.5 Å². The minimum atomic E-state index is -1.14. The molecular weight excluding hydrogens is 378 g/mol.